The van der Waals surface area contributed by atoms with E-state index in [1.54, 1.807) is 13.2 Å². The van der Waals surface area contributed by atoms with Gasteiger partial charge in [-0.2, -0.15) is 0 Å². The lowest BCUT2D eigenvalue weighted by Gasteiger charge is -2.21. The summed E-state index contributed by atoms with van der Waals surface area (Å²) in [5.74, 6) is 1.89. The van der Waals surface area contributed by atoms with Crippen molar-refractivity contribution in [3.8, 4) is 5.88 Å². The number of guanidine groups is 1. The molecule has 0 aliphatic rings. The molecule has 0 saturated heterocycles. The van der Waals surface area contributed by atoms with Crippen molar-refractivity contribution in [2.75, 3.05) is 20.2 Å². The van der Waals surface area contributed by atoms with Gasteiger partial charge >= 0.3 is 0 Å². The summed E-state index contributed by atoms with van der Waals surface area (Å²) in [5, 5.41) is 6.69. The van der Waals surface area contributed by atoms with Crippen LogP contribution < -0.4 is 15.4 Å². The number of hydrogen-bond donors (Lipinski definition) is 2. The summed E-state index contributed by atoms with van der Waals surface area (Å²) in [7, 11) is 1.78. The summed E-state index contributed by atoms with van der Waals surface area (Å²) in [6.07, 6.45) is 2.97. The molecule has 1 atom stereocenters. The second-order valence-electron chi connectivity index (χ2n) is 7.16. The highest BCUT2D eigenvalue weighted by atomic mass is 16.5. The van der Waals surface area contributed by atoms with Crippen molar-refractivity contribution in [3.63, 3.8) is 0 Å². The Morgan fingerprint density at radius 1 is 1.10 bits per heavy atom. The van der Waals surface area contributed by atoms with Gasteiger partial charge in [0.15, 0.2) is 5.96 Å². The minimum atomic E-state index is 0.259. The van der Waals surface area contributed by atoms with E-state index in [-0.39, 0.29) is 6.10 Å². The molecule has 0 fully saturated rings. The van der Waals surface area contributed by atoms with E-state index in [1.807, 2.05) is 49.4 Å². The Morgan fingerprint density at radius 2 is 1.90 bits per heavy atom. The highest BCUT2D eigenvalue weighted by Gasteiger charge is 2.13. The molecule has 0 aliphatic heterocycles. The maximum atomic E-state index is 5.80. The van der Waals surface area contributed by atoms with E-state index in [2.05, 4.69) is 34.5 Å². The molecule has 6 heteroatoms. The topological polar surface area (TPSA) is 67.8 Å². The summed E-state index contributed by atoms with van der Waals surface area (Å²) in [6.45, 7) is 9.11. The standard InChI is InChI=1S/C23H34N4O2/c1-5-28-21(18(2)3)12-14-26-23(24-4)27-16-20-11-13-25-22(15-20)29-17-19-9-7-6-8-10-19/h6-11,13,15,18,21H,5,12,14,16-17H2,1-4H3,(H2,24,26,27). The lowest BCUT2D eigenvalue weighted by Crippen LogP contribution is -2.38. The molecular weight excluding hydrogens is 364 g/mol. The van der Waals surface area contributed by atoms with Gasteiger partial charge in [0.25, 0.3) is 0 Å². The SMILES string of the molecule is CCOC(CCNC(=NC)NCc1ccnc(OCc2ccccc2)c1)C(C)C. The van der Waals surface area contributed by atoms with Gasteiger partial charge in [0.1, 0.15) is 6.61 Å². The molecule has 0 spiro atoms. The van der Waals surface area contributed by atoms with Gasteiger partial charge in [0.2, 0.25) is 5.88 Å². The molecule has 0 radical (unpaired) electrons. The van der Waals surface area contributed by atoms with E-state index < -0.39 is 0 Å². The highest BCUT2D eigenvalue weighted by molar-refractivity contribution is 5.79. The number of ether oxygens (including phenoxy) is 2. The number of hydrogen-bond acceptors (Lipinski definition) is 4. The Kier molecular flexibility index (Phi) is 10.00. The van der Waals surface area contributed by atoms with Crippen LogP contribution in [0, 0.1) is 5.92 Å². The van der Waals surface area contributed by atoms with Gasteiger partial charge in [0.05, 0.1) is 6.10 Å². The molecule has 1 aromatic carbocycles. The molecule has 2 rings (SSSR count). The summed E-state index contributed by atoms with van der Waals surface area (Å²) in [6, 6.07) is 14.0. The van der Waals surface area contributed by atoms with Crippen molar-refractivity contribution >= 4 is 5.96 Å². The quantitative estimate of drug-likeness (QED) is 0.445. The fraction of sp³-hybridized carbons (Fsp3) is 0.478. The number of nitrogens with zero attached hydrogens (tertiary/aromatic N) is 2. The smallest absolute Gasteiger partial charge is 0.213 e. The van der Waals surface area contributed by atoms with Crippen LogP contribution in [-0.2, 0) is 17.9 Å². The molecule has 2 N–H and O–H groups in total. The van der Waals surface area contributed by atoms with E-state index in [9.17, 15) is 0 Å². The Bertz CT molecular complexity index is 735. The second kappa shape index (κ2) is 12.8. The van der Waals surface area contributed by atoms with Crippen LogP contribution in [0.1, 0.15) is 38.3 Å². The molecule has 29 heavy (non-hydrogen) atoms. The van der Waals surface area contributed by atoms with Gasteiger partial charge < -0.3 is 20.1 Å². The third-order valence-corrected chi connectivity index (χ3v) is 4.56. The predicted molar refractivity (Wildman–Crippen MR) is 118 cm³/mol. The van der Waals surface area contributed by atoms with Gasteiger partial charge in [-0.15, -0.1) is 0 Å². The predicted octanol–water partition coefficient (Wildman–Crippen LogP) is 3.78. The van der Waals surface area contributed by atoms with Crippen LogP contribution in [0.15, 0.2) is 53.7 Å². The third-order valence-electron chi connectivity index (χ3n) is 4.56. The van der Waals surface area contributed by atoms with E-state index in [0.29, 0.717) is 24.9 Å². The Morgan fingerprint density at radius 3 is 2.59 bits per heavy atom. The third kappa shape index (κ3) is 8.52. The van der Waals surface area contributed by atoms with Crippen molar-refractivity contribution in [2.45, 2.75) is 46.4 Å². The molecule has 0 bridgehead atoms. The van der Waals surface area contributed by atoms with Gasteiger partial charge in [-0.3, -0.25) is 4.99 Å². The lowest BCUT2D eigenvalue weighted by atomic mass is 10.0. The van der Waals surface area contributed by atoms with E-state index in [4.69, 9.17) is 9.47 Å². The number of aromatic nitrogens is 1. The lowest BCUT2D eigenvalue weighted by molar-refractivity contribution is 0.0258. The molecule has 0 saturated carbocycles. The van der Waals surface area contributed by atoms with Crippen molar-refractivity contribution in [3.05, 3.63) is 59.8 Å². The van der Waals surface area contributed by atoms with E-state index in [1.165, 1.54) is 0 Å². The molecule has 1 aromatic heterocycles. The van der Waals surface area contributed by atoms with Crippen molar-refractivity contribution < 1.29 is 9.47 Å². The van der Waals surface area contributed by atoms with E-state index in [0.717, 1.165) is 36.7 Å². The Labute approximate surface area is 174 Å². The van der Waals surface area contributed by atoms with Crippen molar-refractivity contribution in [1.29, 1.82) is 0 Å². The van der Waals surface area contributed by atoms with Crippen LogP contribution in [0.5, 0.6) is 5.88 Å². The first kappa shape index (κ1) is 22.7. The number of benzene rings is 1. The molecule has 1 unspecified atom stereocenters. The molecule has 0 aliphatic carbocycles. The molecule has 2 aromatic rings. The van der Waals surface area contributed by atoms with Gasteiger partial charge in [0, 0.05) is 39.0 Å². The molecule has 6 nitrogen and oxygen atoms in total. The second-order valence-corrected chi connectivity index (χ2v) is 7.16. The van der Waals surface area contributed by atoms with Crippen LogP contribution >= 0.6 is 0 Å². The summed E-state index contributed by atoms with van der Waals surface area (Å²) < 4.78 is 11.6. The van der Waals surface area contributed by atoms with Crippen LogP contribution in [-0.4, -0.2) is 37.2 Å². The van der Waals surface area contributed by atoms with Crippen molar-refractivity contribution in [1.82, 2.24) is 15.6 Å². The number of rotatable bonds is 11. The Balaban J connectivity index is 1.78. The largest absolute Gasteiger partial charge is 0.473 e. The maximum absolute atomic E-state index is 5.80. The van der Waals surface area contributed by atoms with E-state index >= 15 is 0 Å². The number of aliphatic imine (C=N–C) groups is 1. The highest BCUT2D eigenvalue weighted by Crippen LogP contribution is 2.12. The van der Waals surface area contributed by atoms with Gasteiger partial charge in [-0.25, -0.2) is 4.98 Å². The minimum Gasteiger partial charge on any atom is -0.473 e. The fourth-order valence-electron chi connectivity index (χ4n) is 2.93. The Hall–Kier alpha value is -2.60. The zero-order valence-electron chi connectivity index (χ0n) is 18.0. The maximum Gasteiger partial charge on any atom is 0.213 e. The van der Waals surface area contributed by atoms with Gasteiger partial charge in [-0.1, -0.05) is 44.2 Å². The monoisotopic (exact) mass is 398 g/mol. The molecule has 1 heterocycles. The zero-order valence-corrected chi connectivity index (χ0v) is 18.0. The fourth-order valence-corrected chi connectivity index (χ4v) is 2.93. The molecule has 158 valence electrons. The first-order chi connectivity index (χ1) is 14.1. The number of pyridine rings is 1. The van der Waals surface area contributed by atoms with Crippen LogP contribution in [0.2, 0.25) is 0 Å². The molecular formula is C23H34N4O2. The minimum absolute atomic E-state index is 0.259. The van der Waals surface area contributed by atoms with Crippen LogP contribution in [0.4, 0.5) is 0 Å². The first-order valence-corrected chi connectivity index (χ1v) is 10.3. The summed E-state index contributed by atoms with van der Waals surface area (Å²) in [5.41, 5.74) is 2.20. The number of nitrogens with one attached hydrogen (secondary N) is 2. The average molecular weight is 399 g/mol. The van der Waals surface area contributed by atoms with Crippen LogP contribution in [0.3, 0.4) is 0 Å². The van der Waals surface area contributed by atoms with Crippen LogP contribution in [0.25, 0.3) is 0 Å². The zero-order chi connectivity index (χ0) is 20.9. The van der Waals surface area contributed by atoms with Gasteiger partial charge in [-0.05, 0) is 36.5 Å². The summed E-state index contributed by atoms with van der Waals surface area (Å²) in [4.78, 5) is 8.59. The molecule has 0 amide bonds. The normalized spacial score (nSPS) is 12.7. The summed E-state index contributed by atoms with van der Waals surface area (Å²) >= 11 is 0. The first-order valence-electron chi connectivity index (χ1n) is 10.3. The van der Waals surface area contributed by atoms with Crippen molar-refractivity contribution in [2.24, 2.45) is 10.9 Å². The average Bonchev–Trinajstić information content (AvgIpc) is 2.74.